The highest BCUT2D eigenvalue weighted by Gasteiger charge is 2.24. The van der Waals surface area contributed by atoms with Crippen LogP contribution in [0.1, 0.15) is 6.92 Å². The lowest BCUT2D eigenvalue weighted by Gasteiger charge is -2.18. The molecule has 1 aromatic rings. The third kappa shape index (κ3) is 3.39. The maximum Gasteiger partial charge on any atom is 0.222 e. The normalized spacial score (nSPS) is 11.3. The van der Waals surface area contributed by atoms with Gasteiger partial charge in [0.2, 0.25) is 5.91 Å². The van der Waals surface area contributed by atoms with Crippen molar-refractivity contribution in [2.45, 2.75) is 26.6 Å². The minimum atomic E-state index is -1.59. The lowest BCUT2D eigenvalue weighted by atomic mass is 10.6. The molecule has 1 aromatic heterocycles. The van der Waals surface area contributed by atoms with Gasteiger partial charge < -0.3 is 5.32 Å². The quantitative estimate of drug-likeness (QED) is 0.843. The van der Waals surface area contributed by atoms with Gasteiger partial charge in [-0.15, -0.1) is 0 Å². The lowest BCUT2D eigenvalue weighted by Crippen LogP contribution is -2.42. The van der Waals surface area contributed by atoms with Crippen LogP contribution >= 0.6 is 15.9 Å². The van der Waals surface area contributed by atoms with Crippen LogP contribution in [0.5, 0.6) is 0 Å². The third-order valence-corrected chi connectivity index (χ3v) is 3.90. The van der Waals surface area contributed by atoms with Crippen molar-refractivity contribution in [3.8, 4) is 0 Å². The van der Waals surface area contributed by atoms with Crippen molar-refractivity contribution in [1.82, 2.24) is 9.97 Å². The molecule has 4 nitrogen and oxygen atoms in total. The molecular formula is C9H14BrN3OSi. The van der Waals surface area contributed by atoms with E-state index in [0.29, 0.717) is 10.4 Å². The van der Waals surface area contributed by atoms with E-state index >= 15 is 0 Å². The Morgan fingerprint density at radius 2 is 2.07 bits per heavy atom. The van der Waals surface area contributed by atoms with Crippen molar-refractivity contribution < 1.29 is 4.79 Å². The van der Waals surface area contributed by atoms with Crippen molar-refractivity contribution in [3.63, 3.8) is 0 Å². The Labute approximate surface area is 98.7 Å². The summed E-state index contributed by atoms with van der Waals surface area (Å²) in [5, 5.41) is 3.62. The molecule has 6 heteroatoms. The van der Waals surface area contributed by atoms with Gasteiger partial charge in [0.05, 0.1) is 11.5 Å². The highest BCUT2D eigenvalue weighted by molar-refractivity contribution is 9.10. The van der Waals surface area contributed by atoms with E-state index in [4.69, 9.17) is 0 Å². The van der Waals surface area contributed by atoms with Crippen LogP contribution in [0.25, 0.3) is 0 Å². The highest BCUT2D eigenvalue weighted by Crippen LogP contribution is 2.11. The Hall–Kier alpha value is -0.753. The summed E-state index contributed by atoms with van der Waals surface area (Å²) in [5.74, 6) is 0.469. The van der Waals surface area contributed by atoms with E-state index in [9.17, 15) is 4.79 Å². The molecule has 82 valence electrons. The van der Waals surface area contributed by atoms with Gasteiger partial charge in [-0.05, 0) is 15.9 Å². The molecule has 1 heterocycles. The Balaban J connectivity index is 3.20. The van der Waals surface area contributed by atoms with Gasteiger partial charge in [0.25, 0.3) is 0 Å². The van der Waals surface area contributed by atoms with Gasteiger partial charge in [0, 0.05) is 6.92 Å². The number of carbonyl (C=O) groups is 1. The van der Waals surface area contributed by atoms with E-state index in [0.717, 1.165) is 5.32 Å². The second-order valence-electron chi connectivity index (χ2n) is 4.32. The van der Waals surface area contributed by atoms with Crippen LogP contribution < -0.4 is 10.6 Å². The average Bonchev–Trinajstić information content (AvgIpc) is 2.05. The summed E-state index contributed by atoms with van der Waals surface area (Å²) in [6.45, 7) is 7.95. The topological polar surface area (TPSA) is 54.9 Å². The zero-order chi connectivity index (χ0) is 11.6. The minimum Gasteiger partial charge on any atom is -0.310 e. The van der Waals surface area contributed by atoms with Gasteiger partial charge >= 0.3 is 0 Å². The number of carbonyl (C=O) groups excluding carboxylic acids is 1. The standard InChI is InChI=1S/C9H14BrN3OSi/c1-6(14)12-8-9(15(2,3)4)13-7(10)5-11-8/h5H,1-4H3,(H,11,12,14). The average molecular weight is 288 g/mol. The molecule has 0 aromatic carbocycles. The summed E-state index contributed by atoms with van der Waals surface area (Å²) >= 11 is 3.29. The molecule has 1 amide bonds. The van der Waals surface area contributed by atoms with Crippen LogP contribution in [0.2, 0.25) is 19.6 Å². The first kappa shape index (κ1) is 12.3. The van der Waals surface area contributed by atoms with Crippen molar-refractivity contribution in [2.24, 2.45) is 0 Å². The molecule has 0 aliphatic heterocycles. The second kappa shape index (κ2) is 4.40. The predicted molar refractivity (Wildman–Crippen MR) is 67.0 cm³/mol. The van der Waals surface area contributed by atoms with Crippen LogP contribution in [-0.2, 0) is 4.79 Å². The van der Waals surface area contributed by atoms with E-state index in [-0.39, 0.29) is 5.91 Å². The highest BCUT2D eigenvalue weighted by atomic mass is 79.9. The number of anilines is 1. The first-order valence-corrected chi connectivity index (χ1v) is 8.90. The number of hydrogen-bond acceptors (Lipinski definition) is 3. The number of rotatable bonds is 2. The van der Waals surface area contributed by atoms with Crippen molar-refractivity contribution in [2.75, 3.05) is 5.32 Å². The molecule has 0 fully saturated rings. The number of aromatic nitrogens is 2. The molecule has 0 radical (unpaired) electrons. The third-order valence-electron chi connectivity index (χ3n) is 1.75. The Kier molecular flexibility index (Phi) is 3.61. The van der Waals surface area contributed by atoms with Gasteiger partial charge in [0.15, 0.2) is 0 Å². The maximum atomic E-state index is 11.0. The molecule has 0 bridgehead atoms. The molecule has 0 aliphatic rings. The SMILES string of the molecule is CC(=O)Nc1ncc(Br)nc1[Si](C)(C)C. The summed E-state index contributed by atoms with van der Waals surface area (Å²) in [4.78, 5) is 19.6. The molecule has 15 heavy (non-hydrogen) atoms. The molecule has 1 rings (SSSR count). The summed E-state index contributed by atoms with van der Waals surface area (Å²) < 4.78 is 0.703. The Bertz CT molecular complexity index is 389. The summed E-state index contributed by atoms with van der Waals surface area (Å²) in [6.07, 6.45) is 1.59. The minimum absolute atomic E-state index is 0.119. The molecule has 0 aliphatic carbocycles. The van der Waals surface area contributed by atoms with Gasteiger partial charge in [-0.2, -0.15) is 0 Å². The number of halogens is 1. The van der Waals surface area contributed by atoms with Crippen LogP contribution in [-0.4, -0.2) is 23.9 Å². The fourth-order valence-corrected chi connectivity index (χ4v) is 2.89. The van der Waals surface area contributed by atoms with Crippen LogP contribution in [0, 0.1) is 0 Å². The summed E-state index contributed by atoms with van der Waals surface area (Å²) in [7, 11) is -1.59. The number of nitrogens with zero attached hydrogens (tertiary/aromatic N) is 2. The largest absolute Gasteiger partial charge is 0.310 e. The van der Waals surface area contributed by atoms with Crippen LogP contribution in [0.15, 0.2) is 10.8 Å². The van der Waals surface area contributed by atoms with Gasteiger partial charge in [-0.25, -0.2) is 9.97 Å². The van der Waals surface area contributed by atoms with E-state index in [1.165, 1.54) is 6.92 Å². The zero-order valence-electron chi connectivity index (χ0n) is 9.26. The van der Waals surface area contributed by atoms with Crippen LogP contribution in [0.3, 0.4) is 0 Å². The summed E-state index contributed by atoms with van der Waals surface area (Å²) in [6, 6.07) is 0. The molecule has 0 atom stereocenters. The molecular weight excluding hydrogens is 274 g/mol. The predicted octanol–water partition coefficient (Wildman–Crippen LogP) is 1.74. The molecule has 0 unspecified atom stereocenters. The van der Waals surface area contributed by atoms with Crippen LogP contribution in [0.4, 0.5) is 5.82 Å². The fourth-order valence-electron chi connectivity index (χ4n) is 1.15. The maximum absolute atomic E-state index is 11.0. The van der Waals surface area contributed by atoms with E-state index in [1.807, 2.05) is 0 Å². The number of hydrogen-bond donors (Lipinski definition) is 1. The first-order chi connectivity index (χ1) is 6.80. The van der Waals surface area contributed by atoms with Gasteiger partial charge in [-0.3, -0.25) is 4.79 Å². The Morgan fingerprint density at radius 1 is 1.47 bits per heavy atom. The molecule has 1 N–H and O–H groups in total. The fraction of sp³-hybridized carbons (Fsp3) is 0.444. The van der Waals surface area contributed by atoms with Crippen molar-refractivity contribution in [1.29, 1.82) is 0 Å². The summed E-state index contributed by atoms with van der Waals surface area (Å²) in [5.41, 5.74) is 0. The molecule has 0 spiro atoms. The van der Waals surface area contributed by atoms with Crippen molar-refractivity contribution >= 4 is 41.0 Å². The molecule has 0 saturated heterocycles. The monoisotopic (exact) mass is 287 g/mol. The van der Waals surface area contributed by atoms with Crippen molar-refractivity contribution in [3.05, 3.63) is 10.8 Å². The number of amides is 1. The van der Waals surface area contributed by atoms with E-state index in [1.54, 1.807) is 6.20 Å². The second-order valence-corrected chi connectivity index (χ2v) is 10.1. The van der Waals surface area contributed by atoms with Gasteiger partial charge in [0.1, 0.15) is 18.5 Å². The number of nitrogens with one attached hydrogen (secondary N) is 1. The van der Waals surface area contributed by atoms with E-state index < -0.39 is 8.07 Å². The van der Waals surface area contributed by atoms with Gasteiger partial charge in [-0.1, -0.05) is 19.6 Å². The van der Waals surface area contributed by atoms with E-state index in [2.05, 4.69) is 50.9 Å². The Morgan fingerprint density at radius 3 is 2.53 bits per heavy atom. The smallest absolute Gasteiger partial charge is 0.222 e. The zero-order valence-corrected chi connectivity index (χ0v) is 11.8. The molecule has 0 saturated carbocycles. The lowest BCUT2D eigenvalue weighted by molar-refractivity contribution is -0.114. The first-order valence-electron chi connectivity index (χ1n) is 4.61.